The van der Waals surface area contributed by atoms with Gasteiger partial charge < -0.3 is 20.1 Å². The second-order valence-corrected chi connectivity index (χ2v) is 10.8. The Morgan fingerprint density at radius 2 is 2.05 bits per heavy atom. The van der Waals surface area contributed by atoms with Gasteiger partial charge >= 0.3 is 5.69 Å². The molecule has 0 radical (unpaired) electrons. The number of benzene rings is 1. The maximum Gasteiger partial charge on any atom is 0.369 e. The fraction of sp³-hybridized carbons (Fsp3) is 0.560. The van der Waals surface area contributed by atoms with Crippen molar-refractivity contribution in [3.8, 4) is 11.4 Å². The fourth-order valence-electron chi connectivity index (χ4n) is 5.91. The summed E-state index contributed by atoms with van der Waals surface area (Å²) in [6.07, 6.45) is 5.40. The van der Waals surface area contributed by atoms with Crippen LogP contribution in [-0.2, 0) is 4.74 Å². The average molecular weight is 526 g/mol. The van der Waals surface area contributed by atoms with Crippen molar-refractivity contribution >= 4 is 17.5 Å². The first-order valence-electron chi connectivity index (χ1n) is 13.0. The largest absolute Gasteiger partial charge is 0.494 e. The number of hydrogen-bond donors (Lipinski definition) is 2. The number of tetrazole rings is 1. The van der Waals surface area contributed by atoms with Crippen LogP contribution in [0.2, 0.25) is 0 Å². The molecule has 0 aliphatic carbocycles. The van der Waals surface area contributed by atoms with E-state index in [4.69, 9.17) is 9.47 Å². The molecule has 0 bridgehead atoms. The zero-order valence-electron chi connectivity index (χ0n) is 21.7. The quantitative estimate of drug-likeness (QED) is 0.475. The van der Waals surface area contributed by atoms with Crippen molar-refractivity contribution in [3.63, 3.8) is 0 Å². The van der Waals surface area contributed by atoms with E-state index in [0.717, 1.165) is 25.6 Å². The molecule has 0 amide bonds. The van der Waals surface area contributed by atoms with Crippen LogP contribution in [0.15, 0.2) is 29.2 Å². The second-order valence-electron chi connectivity index (χ2n) is 10.8. The maximum atomic E-state index is 14.7. The lowest BCUT2D eigenvalue weighted by molar-refractivity contribution is -0.0309. The van der Waals surface area contributed by atoms with Gasteiger partial charge in [0.1, 0.15) is 17.5 Å². The van der Waals surface area contributed by atoms with Gasteiger partial charge in [0.25, 0.3) is 0 Å². The van der Waals surface area contributed by atoms with Crippen molar-refractivity contribution in [2.75, 3.05) is 37.5 Å². The van der Waals surface area contributed by atoms with Crippen LogP contribution >= 0.6 is 0 Å². The number of nitrogens with one attached hydrogen (secondary N) is 2. The first-order valence-corrected chi connectivity index (χ1v) is 13.0. The summed E-state index contributed by atoms with van der Waals surface area (Å²) in [6, 6.07) is 5.65. The van der Waals surface area contributed by atoms with Gasteiger partial charge in [-0.2, -0.15) is 14.3 Å². The number of aromatic nitrogens is 6. The number of rotatable bonds is 7. The van der Waals surface area contributed by atoms with Crippen LogP contribution in [0.4, 0.5) is 21.8 Å². The van der Waals surface area contributed by atoms with Gasteiger partial charge in [0, 0.05) is 23.3 Å². The molecule has 1 aromatic carbocycles. The Labute approximate surface area is 219 Å². The lowest BCUT2D eigenvalue weighted by Crippen LogP contribution is -2.55. The number of ether oxygens (including phenoxy) is 2. The number of anilines is 3. The van der Waals surface area contributed by atoms with Crippen LogP contribution in [0.5, 0.6) is 5.75 Å². The number of halogens is 1. The summed E-state index contributed by atoms with van der Waals surface area (Å²) in [5.74, 6) is 0.342. The minimum absolute atomic E-state index is 0.0484. The van der Waals surface area contributed by atoms with Crippen LogP contribution in [0, 0.1) is 5.82 Å². The molecule has 13 heteroatoms. The highest BCUT2D eigenvalue weighted by molar-refractivity contribution is 5.62. The highest BCUT2D eigenvalue weighted by Gasteiger charge is 2.43. The minimum Gasteiger partial charge on any atom is -0.494 e. The molecule has 0 spiro atoms. The Kier molecular flexibility index (Phi) is 6.26. The van der Waals surface area contributed by atoms with Crippen molar-refractivity contribution in [2.45, 2.75) is 63.2 Å². The lowest BCUT2D eigenvalue weighted by Gasteiger charge is -2.47. The molecule has 6 rings (SSSR count). The van der Waals surface area contributed by atoms with E-state index >= 15 is 0 Å². The van der Waals surface area contributed by atoms with Gasteiger partial charge in [-0.05, 0) is 74.7 Å². The van der Waals surface area contributed by atoms with Crippen LogP contribution in [0.1, 0.15) is 45.6 Å². The van der Waals surface area contributed by atoms with Crippen molar-refractivity contribution in [2.24, 2.45) is 0 Å². The third kappa shape index (κ3) is 4.49. The first kappa shape index (κ1) is 24.7. The molecule has 3 aliphatic rings. The predicted octanol–water partition coefficient (Wildman–Crippen LogP) is 2.50. The number of methoxy groups -OCH3 is 1. The van der Waals surface area contributed by atoms with Gasteiger partial charge in [0.2, 0.25) is 5.95 Å². The maximum absolute atomic E-state index is 14.7. The topological polar surface area (TPSA) is 124 Å². The second kappa shape index (κ2) is 9.62. The Balaban J connectivity index is 1.23. The predicted molar refractivity (Wildman–Crippen MR) is 138 cm³/mol. The average Bonchev–Trinajstić information content (AvgIpc) is 3.48. The van der Waals surface area contributed by atoms with Crippen molar-refractivity contribution in [3.05, 3.63) is 40.7 Å². The summed E-state index contributed by atoms with van der Waals surface area (Å²) in [4.78, 5) is 24.1. The summed E-state index contributed by atoms with van der Waals surface area (Å²) in [5.41, 5.74) is 0.633. The van der Waals surface area contributed by atoms with Gasteiger partial charge in [0.05, 0.1) is 26.5 Å². The highest BCUT2D eigenvalue weighted by Crippen LogP contribution is 2.38. The number of fused-ring (bicyclic) bond motifs is 1. The Bertz CT molecular complexity index is 1390. The molecule has 0 saturated carbocycles. The molecule has 3 aromatic rings. The summed E-state index contributed by atoms with van der Waals surface area (Å²) in [5, 5.41) is 14.5. The summed E-state index contributed by atoms with van der Waals surface area (Å²) < 4.78 is 27.9. The zero-order chi connectivity index (χ0) is 26.4. The van der Waals surface area contributed by atoms with Crippen LogP contribution in [-0.4, -0.2) is 79.1 Å². The van der Waals surface area contributed by atoms with Gasteiger partial charge in [-0.1, -0.05) is 0 Å². The lowest BCUT2D eigenvalue weighted by atomic mass is 9.84. The van der Waals surface area contributed by atoms with Crippen LogP contribution in [0.3, 0.4) is 0 Å². The van der Waals surface area contributed by atoms with E-state index in [0.29, 0.717) is 36.4 Å². The standard InChI is InChI=1S/C25H32FN9O3/c1-25(2)11-16(9-17-5-4-8-33(17)25)28-22-19(26)12-27-23(30-22)29-15-6-7-21(37-3)20(10-15)35-24(36)34(31-32-35)18-13-38-14-18/h6-7,10,12,16-18H,4-5,8-9,11,13-14H2,1-3H3,(H2,27,28,29,30)/t16-,17+/m1/s1. The third-order valence-corrected chi connectivity index (χ3v) is 7.77. The van der Waals surface area contributed by atoms with E-state index in [1.807, 2.05) is 0 Å². The molecule has 5 heterocycles. The van der Waals surface area contributed by atoms with Gasteiger partial charge in [-0.3, -0.25) is 4.90 Å². The SMILES string of the molecule is COc1ccc(Nc2ncc(F)c(N[C@@H]3C[C@@H]4CCCN4C(C)(C)C3)n2)cc1-n1nnn(C2COC2)c1=O. The molecule has 2 N–H and O–H groups in total. The zero-order valence-corrected chi connectivity index (χ0v) is 21.7. The summed E-state index contributed by atoms with van der Waals surface area (Å²) in [6.45, 7) is 6.49. The highest BCUT2D eigenvalue weighted by atomic mass is 19.1. The van der Waals surface area contributed by atoms with E-state index < -0.39 is 11.5 Å². The first-order chi connectivity index (χ1) is 18.3. The summed E-state index contributed by atoms with van der Waals surface area (Å²) >= 11 is 0. The Hall–Kier alpha value is -3.58. The number of piperidine rings is 1. The smallest absolute Gasteiger partial charge is 0.369 e. The number of nitrogens with zero attached hydrogens (tertiary/aromatic N) is 7. The van der Waals surface area contributed by atoms with Crippen molar-refractivity contribution < 1.29 is 13.9 Å². The third-order valence-electron chi connectivity index (χ3n) is 7.77. The van der Waals surface area contributed by atoms with E-state index in [-0.39, 0.29) is 29.4 Å². The molecule has 3 saturated heterocycles. The van der Waals surface area contributed by atoms with Crippen LogP contribution < -0.4 is 21.1 Å². The number of hydrogen-bond acceptors (Lipinski definition) is 10. The normalized spacial score (nSPS) is 23.1. The van der Waals surface area contributed by atoms with Crippen molar-refractivity contribution in [1.29, 1.82) is 0 Å². The van der Waals surface area contributed by atoms with Gasteiger partial charge in [-0.25, -0.2) is 14.2 Å². The molecule has 38 heavy (non-hydrogen) atoms. The fourth-order valence-corrected chi connectivity index (χ4v) is 5.91. The molecule has 202 valence electrons. The monoisotopic (exact) mass is 525 g/mol. The Morgan fingerprint density at radius 1 is 1.21 bits per heavy atom. The molecule has 0 unspecified atom stereocenters. The van der Waals surface area contributed by atoms with E-state index in [2.05, 4.69) is 49.8 Å². The van der Waals surface area contributed by atoms with E-state index in [1.54, 1.807) is 18.2 Å². The molecule has 3 aliphatic heterocycles. The molecular weight excluding hydrogens is 493 g/mol. The van der Waals surface area contributed by atoms with Gasteiger partial charge in [0.15, 0.2) is 11.6 Å². The molecule has 2 aromatic heterocycles. The molecule has 12 nitrogen and oxygen atoms in total. The Morgan fingerprint density at radius 3 is 2.82 bits per heavy atom. The summed E-state index contributed by atoms with van der Waals surface area (Å²) in [7, 11) is 1.51. The van der Waals surface area contributed by atoms with E-state index in [9.17, 15) is 9.18 Å². The van der Waals surface area contributed by atoms with E-state index in [1.165, 1.54) is 29.3 Å². The molecule has 3 fully saturated rings. The van der Waals surface area contributed by atoms with Gasteiger partial charge in [-0.15, -0.1) is 0 Å². The van der Waals surface area contributed by atoms with Crippen molar-refractivity contribution in [1.82, 2.24) is 34.7 Å². The van der Waals surface area contributed by atoms with Crippen LogP contribution in [0.25, 0.3) is 5.69 Å². The minimum atomic E-state index is -0.499. The molecular formula is C25H32FN9O3. The molecule has 2 atom stereocenters.